The minimum Gasteiger partial charge on any atom is -0.456 e. The van der Waals surface area contributed by atoms with E-state index in [4.69, 9.17) is 4.74 Å². The molecule has 2 N–H and O–H groups in total. The standard InChI is InChI=1S/C20H20Br2N2O4/c1-13-11-15(22)7-10-17(13)24-19(26)12-28-20(27)4-2-3-18(25)23-16-8-5-14(21)6-9-16/h5-11H,2-4,12H2,1H3,(H,23,25)(H,24,26). The van der Waals surface area contributed by atoms with E-state index in [1.807, 2.05) is 31.2 Å². The van der Waals surface area contributed by atoms with Gasteiger partial charge in [-0.15, -0.1) is 0 Å². The fourth-order valence-corrected chi connectivity index (χ4v) is 3.06. The van der Waals surface area contributed by atoms with E-state index in [9.17, 15) is 14.4 Å². The van der Waals surface area contributed by atoms with E-state index in [-0.39, 0.29) is 25.4 Å². The summed E-state index contributed by atoms with van der Waals surface area (Å²) in [6.07, 6.45) is 0.600. The number of hydrogen-bond donors (Lipinski definition) is 2. The van der Waals surface area contributed by atoms with Gasteiger partial charge >= 0.3 is 5.97 Å². The molecule has 0 atom stereocenters. The molecule has 2 amide bonds. The smallest absolute Gasteiger partial charge is 0.306 e. The van der Waals surface area contributed by atoms with Gasteiger partial charge in [-0.05, 0) is 61.4 Å². The number of rotatable bonds is 8. The summed E-state index contributed by atoms with van der Waals surface area (Å²) in [4.78, 5) is 35.5. The summed E-state index contributed by atoms with van der Waals surface area (Å²) in [7, 11) is 0. The number of aryl methyl sites for hydroxylation is 1. The predicted molar refractivity (Wildman–Crippen MR) is 115 cm³/mol. The van der Waals surface area contributed by atoms with Crippen molar-refractivity contribution in [3.8, 4) is 0 Å². The number of nitrogens with one attached hydrogen (secondary N) is 2. The van der Waals surface area contributed by atoms with Crippen LogP contribution in [0.25, 0.3) is 0 Å². The predicted octanol–water partition coefficient (Wildman–Crippen LogP) is 4.81. The second kappa shape index (κ2) is 11.0. The maximum atomic E-state index is 11.9. The van der Waals surface area contributed by atoms with Crippen LogP contribution in [0.5, 0.6) is 0 Å². The summed E-state index contributed by atoms with van der Waals surface area (Å²) in [5, 5.41) is 5.44. The molecular weight excluding hydrogens is 492 g/mol. The first-order valence-corrected chi connectivity index (χ1v) is 10.2. The Kier molecular flexibility index (Phi) is 8.66. The molecule has 0 heterocycles. The number of carbonyl (C=O) groups excluding carboxylic acids is 3. The van der Waals surface area contributed by atoms with Crippen molar-refractivity contribution >= 4 is 61.0 Å². The van der Waals surface area contributed by atoms with Crippen LogP contribution in [-0.2, 0) is 19.1 Å². The molecule has 0 spiro atoms. The Morgan fingerprint density at radius 2 is 1.57 bits per heavy atom. The summed E-state index contributed by atoms with van der Waals surface area (Å²) in [6, 6.07) is 12.7. The molecule has 2 rings (SSSR count). The summed E-state index contributed by atoms with van der Waals surface area (Å²) in [5.74, 6) is -1.11. The molecule has 0 aliphatic rings. The maximum absolute atomic E-state index is 11.9. The van der Waals surface area contributed by atoms with Crippen molar-refractivity contribution in [3.63, 3.8) is 0 Å². The topological polar surface area (TPSA) is 84.5 Å². The molecule has 0 aliphatic carbocycles. The number of benzene rings is 2. The Bertz CT molecular complexity index is 854. The van der Waals surface area contributed by atoms with E-state index in [1.165, 1.54) is 0 Å². The number of esters is 1. The van der Waals surface area contributed by atoms with E-state index in [1.54, 1.807) is 18.2 Å². The molecule has 0 aromatic heterocycles. The van der Waals surface area contributed by atoms with Crippen LogP contribution in [0.15, 0.2) is 51.4 Å². The minimum atomic E-state index is -0.515. The van der Waals surface area contributed by atoms with Crippen molar-refractivity contribution in [1.82, 2.24) is 0 Å². The number of ether oxygens (including phenoxy) is 1. The highest BCUT2D eigenvalue weighted by Gasteiger charge is 2.10. The van der Waals surface area contributed by atoms with E-state index in [2.05, 4.69) is 42.5 Å². The molecular formula is C20H20Br2N2O4. The molecule has 0 bridgehead atoms. The Morgan fingerprint density at radius 3 is 2.25 bits per heavy atom. The Hall–Kier alpha value is -2.19. The molecule has 0 fully saturated rings. The van der Waals surface area contributed by atoms with Gasteiger partial charge in [-0.1, -0.05) is 31.9 Å². The first kappa shape index (κ1) is 22.1. The highest BCUT2D eigenvalue weighted by molar-refractivity contribution is 9.10. The van der Waals surface area contributed by atoms with Crippen molar-refractivity contribution in [1.29, 1.82) is 0 Å². The molecule has 2 aromatic carbocycles. The largest absolute Gasteiger partial charge is 0.456 e. The van der Waals surface area contributed by atoms with Crippen LogP contribution in [0.2, 0.25) is 0 Å². The first-order chi connectivity index (χ1) is 13.3. The molecule has 0 aliphatic heterocycles. The van der Waals surface area contributed by atoms with Gasteiger partial charge in [0.05, 0.1) is 0 Å². The number of anilines is 2. The maximum Gasteiger partial charge on any atom is 0.306 e. The van der Waals surface area contributed by atoms with Crippen molar-refractivity contribution < 1.29 is 19.1 Å². The van der Waals surface area contributed by atoms with Gasteiger partial charge in [0.1, 0.15) is 0 Å². The van der Waals surface area contributed by atoms with E-state index < -0.39 is 11.9 Å². The lowest BCUT2D eigenvalue weighted by Gasteiger charge is -2.09. The van der Waals surface area contributed by atoms with Crippen LogP contribution in [0.1, 0.15) is 24.8 Å². The Labute approximate surface area is 180 Å². The van der Waals surface area contributed by atoms with E-state index in [0.717, 1.165) is 14.5 Å². The Balaban J connectivity index is 1.64. The SMILES string of the molecule is Cc1cc(Br)ccc1NC(=O)COC(=O)CCCC(=O)Nc1ccc(Br)cc1. The lowest BCUT2D eigenvalue weighted by Crippen LogP contribution is -2.21. The monoisotopic (exact) mass is 510 g/mol. The minimum absolute atomic E-state index is 0.0678. The number of hydrogen-bond acceptors (Lipinski definition) is 4. The molecule has 0 radical (unpaired) electrons. The second-order valence-corrected chi connectivity index (χ2v) is 7.91. The normalized spacial score (nSPS) is 10.2. The van der Waals surface area contributed by atoms with E-state index in [0.29, 0.717) is 17.8 Å². The number of amides is 2. The molecule has 28 heavy (non-hydrogen) atoms. The summed E-state index contributed by atoms with van der Waals surface area (Å²) in [5.41, 5.74) is 2.25. The second-order valence-electron chi connectivity index (χ2n) is 6.08. The van der Waals surface area contributed by atoms with Crippen molar-refractivity contribution in [2.45, 2.75) is 26.2 Å². The van der Waals surface area contributed by atoms with Crippen LogP contribution >= 0.6 is 31.9 Å². The van der Waals surface area contributed by atoms with Gasteiger partial charge in [0.2, 0.25) is 5.91 Å². The summed E-state index contributed by atoms with van der Waals surface area (Å²) >= 11 is 6.68. The summed E-state index contributed by atoms with van der Waals surface area (Å²) < 4.78 is 6.79. The first-order valence-electron chi connectivity index (χ1n) is 8.60. The molecule has 2 aromatic rings. The number of halogens is 2. The average molecular weight is 512 g/mol. The van der Waals surface area contributed by atoms with Crippen LogP contribution in [-0.4, -0.2) is 24.4 Å². The third-order valence-electron chi connectivity index (χ3n) is 3.74. The molecule has 0 saturated heterocycles. The van der Waals surface area contributed by atoms with Gasteiger partial charge in [-0.2, -0.15) is 0 Å². The van der Waals surface area contributed by atoms with Crippen molar-refractivity contribution in [3.05, 3.63) is 57.0 Å². The van der Waals surface area contributed by atoms with Crippen molar-refractivity contribution in [2.24, 2.45) is 0 Å². The van der Waals surface area contributed by atoms with Gasteiger partial charge in [-0.25, -0.2) is 0 Å². The highest BCUT2D eigenvalue weighted by Crippen LogP contribution is 2.20. The van der Waals surface area contributed by atoms with Gasteiger partial charge in [0.25, 0.3) is 5.91 Å². The lowest BCUT2D eigenvalue weighted by molar-refractivity contribution is -0.147. The van der Waals surface area contributed by atoms with Gasteiger partial charge in [0.15, 0.2) is 6.61 Å². The van der Waals surface area contributed by atoms with Crippen LogP contribution in [0.4, 0.5) is 11.4 Å². The Morgan fingerprint density at radius 1 is 0.893 bits per heavy atom. The molecule has 0 saturated carbocycles. The highest BCUT2D eigenvalue weighted by atomic mass is 79.9. The third-order valence-corrected chi connectivity index (χ3v) is 4.76. The fraction of sp³-hybridized carbons (Fsp3) is 0.250. The van der Waals surface area contributed by atoms with Gasteiger partial charge in [0, 0.05) is 33.2 Å². The molecule has 8 heteroatoms. The lowest BCUT2D eigenvalue weighted by atomic mass is 10.2. The third kappa shape index (κ3) is 7.82. The average Bonchev–Trinajstić information content (AvgIpc) is 2.64. The van der Waals surface area contributed by atoms with Gasteiger partial charge in [-0.3, -0.25) is 14.4 Å². The van der Waals surface area contributed by atoms with Gasteiger partial charge < -0.3 is 15.4 Å². The van der Waals surface area contributed by atoms with Crippen LogP contribution < -0.4 is 10.6 Å². The zero-order valence-electron chi connectivity index (χ0n) is 15.3. The van der Waals surface area contributed by atoms with Crippen molar-refractivity contribution in [2.75, 3.05) is 17.2 Å². The molecule has 148 valence electrons. The summed E-state index contributed by atoms with van der Waals surface area (Å²) in [6.45, 7) is 1.51. The quantitative estimate of drug-likeness (QED) is 0.498. The van der Waals surface area contributed by atoms with Crippen LogP contribution in [0, 0.1) is 6.92 Å². The fourth-order valence-electron chi connectivity index (χ4n) is 2.32. The van der Waals surface area contributed by atoms with Crippen LogP contribution in [0.3, 0.4) is 0 Å². The zero-order chi connectivity index (χ0) is 20.5. The molecule has 6 nitrogen and oxygen atoms in total. The zero-order valence-corrected chi connectivity index (χ0v) is 18.4. The molecule has 0 unspecified atom stereocenters. The van der Waals surface area contributed by atoms with E-state index >= 15 is 0 Å². The number of carbonyl (C=O) groups is 3.